The van der Waals surface area contributed by atoms with Gasteiger partial charge < -0.3 is 35.4 Å². The summed E-state index contributed by atoms with van der Waals surface area (Å²) in [4.78, 5) is 51.0. The number of aliphatic hydroxyl groups excluding tert-OH is 1. The Bertz CT molecular complexity index is 2560. The van der Waals surface area contributed by atoms with E-state index in [1.165, 1.54) is 73.2 Å². The fraction of sp³-hybridized carbons (Fsp3) is 0.527. The Morgan fingerprint density at radius 2 is 1.64 bits per heavy atom. The van der Waals surface area contributed by atoms with Crippen LogP contribution < -0.4 is 26.2 Å². The van der Waals surface area contributed by atoms with E-state index in [4.69, 9.17) is 17.3 Å². The molecule has 2 aliphatic carbocycles. The summed E-state index contributed by atoms with van der Waals surface area (Å²) in [5.74, 6) is 4.06. The van der Waals surface area contributed by atoms with Crippen molar-refractivity contribution in [2.75, 3.05) is 67.2 Å². The monoisotopic (exact) mass is 956 g/mol. The highest BCUT2D eigenvalue weighted by Crippen LogP contribution is 2.45. The van der Waals surface area contributed by atoms with E-state index in [0.717, 1.165) is 74.5 Å². The van der Waals surface area contributed by atoms with E-state index in [-0.39, 0.29) is 12.3 Å². The van der Waals surface area contributed by atoms with Crippen molar-refractivity contribution in [2.24, 2.45) is 24.8 Å². The van der Waals surface area contributed by atoms with Crippen LogP contribution in [0.5, 0.6) is 0 Å². The van der Waals surface area contributed by atoms with E-state index < -0.39 is 18.3 Å². The fourth-order valence-electron chi connectivity index (χ4n) is 12.7. The van der Waals surface area contributed by atoms with E-state index in [1.54, 1.807) is 9.80 Å². The van der Waals surface area contributed by atoms with E-state index in [0.29, 0.717) is 71.3 Å². The Balaban J connectivity index is 0.657. The predicted octanol–water partition coefficient (Wildman–Crippen LogP) is 8.51. The molecule has 14 heteroatoms. The van der Waals surface area contributed by atoms with Crippen molar-refractivity contribution in [3.05, 3.63) is 105 Å². The van der Waals surface area contributed by atoms with Crippen LogP contribution in [-0.4, -0.2) is 101 Å². The van der Waals surface area contributed by atoms with Crippen molar-refractivity contribution in [1.29, 1.82) is 0 Å². The second-order valence-corrected chi connectivity index (χ2v) is 21.5. The Hall–Kier alpha value is -5.21. The number of hydrogen-bond acceptors (Lipinski definition) is 11. The van der Waals surface area contributed by atoms with E-state index in [1.807, 2.05) is 31.4 Å². The van der Waals surface area contributed by atoms with Crippen molar-refractivity contribution in [1.82, 2.24) is 24.7 Å². The standard InChI is InChI=1S/C55H70ClN9O4/c1-34(47-29-44-43(21-22-58-53(44)61(47)2)41-17-19-51(57)59-31-41)37-5-4-6-38(12-11-37)39-13-15-40(16-14-39)50(66)27-35-7-9-36(10-8-35)32-63-23-25-64(26-24-63)33-42-28-48-49(30-45(42)56)65(55(69)62(48)3)46-18-20-52(67)60-54(46)68/h13-17,19,21,28-31,34-38,46,55,58,69H,4-12,18,20,22-27,32-33H2,1-3H3,(H2,57,59)(H,60,67,68). The number of benzene rings is 2. The lowest BCUT2D eigenvalue weighted by molar-refractivity contribution is -0.134. The number of imide groups is 1. The van der Waals surface area contributed by atoms with Gasteiger partial charge in [0.1, 0.15) is 17.7 Å². The zero-order valence-corrected chi connectivity index (χ0v) is 41.4. The quantitative estimate of drug-likeness (QED) is 0.0615. The number of carbonyl (C=O) groups is 3. The van der Waals surface area contributed by atoms with Crippen LogP contribution in [-0.2, 0) is 23.2 Å². The van der Waals surface area contributed by atoms with Gasteiger partial charge in [-0.15, -0.1) is 0 Å². The third kappa shape index (κ3) is 9.94. The average Bonchev–Trinajstić information content (AvgIpc) is 3.66. The number of ketones is 1. The molecule has 2 saturated carbocycles. The number of Topliss-reactive ketones (excluding diaryl/α,β-unsaturated/α-hetero) is 1. The average molecular weight is 957 g/mol. The number of nitrogens with one attached hydrogen (secondary N) is 2. The lowest BCUT2D eigenvalue weighted by Gasteiger charge is -2.38. The van der Waals surface area contributed by atoms with Crippen LogP contribution in [0.4, 0.5) is 23.0 Å². The van der Waals surface area contributed by atoms with Crippen molar-refractivity contribution in [2.45, 2.75) is 115 Å². The van der Waals surface area contributed by atoms with Crippen LogP contribution in [0.25, 0.3) is 5.57 Å². The molecule has 4 fully saturated rings. The summed E-state index contributed by atoms with van der Waals surface area (Å²) in [6, 6.07) is 18.3. The molecule has 2 saturated heterocycles. The number of amides is 2. The molecule has 5 atom stereocenters. The Kier molecular flexibility index (Phi) is 13.9. The topological polar surface area (TPSA) is 152 Å². The number of rotatable bonds is 12. The maximum absolute atomic E-state index is 13.6. The first-order chi connectivity index (χ1) is 33.4. The number of anilines is 4. The third-order valence-corrected chi connectivity index (χ3v) is 17.2. The molecule has 6 aliphatic rings. The van der Waals surface area contributed by atoms with E-state index >= 15 is 0 Å². The van der Waals surface area contributed by atoms with Gasteiger partial charge in [0.2, 0.25) is 18.2 Å². The van der Waals surface area contributed by atoms with Gasteiger partial charge in [-0.2, -0.15) is 0 Å². The summed E-state index contributed by atoms with van der Waals surface area (Å²) in [6.07, 6.45) is 15.0. The normalized spacial score (nSPS) is 26.1. The number of piperidine rings is 1. The molecule has 13 nitrogen and oxygen atoms in total. The van der Waals surface area contributed by atoms with Gasteiger partial charge in [-0.1, -0.05) is 55.3 Å². The molecule has 2 aromatic carbocycles. The lowest BCUT2D eigenvalue weighted by Crippen LogP contribution is -2.56. The minimum absolute atomic E-state index is 0.236. The molecule has 2 aromatic heterocycles. The molecule has 4 aromatic rings. The van der Waals surface area contributed by atoms with Crippen LogP contribution in [0.2, 0.25) is 5.02 Å². The van der Waals surface area contributed by atoms with Gasteiger partial charge in [-0.05, 0) is 134 Å². The molecule has 2 amide bonds. The number of nitrogens with zero attached hydrogens (tertiary/aromatic N) is 6. The Morgan fingerprint density at radius 3 is 2.38 bits per heavy atom. The minimum Gasteiger partial charge on any atom is -0.384 e. The van der Waals surface area contributed by atoms with E-state index in [9.17, 15) is 19.5 Å². The highest BCUT2D eigenvalue weighted by Gasteiger charge is 2.43. The molecule has 10 rings (SSSR count). The zero-order chi connectivity index (χ0) is 47.9. The van der Waals surface area contributed by atoms with Crippen molar-refractivity contribution in [3.63, 3.8) is 0 Å². The predicted molar refractivity (Wildman–Crippen MR) is 274 cm³/mol. The Labute approximate surface area is 412 Å². The van der Waals surface area contributed by atoms with Crippen LogP contribution in [0, 0.1) is 17.8 Å². The number of carbonyl (C=O) groups excluding carboxylic acids is 3. The maximum Gasteiger partial charge on any atom is 0.249 e. The lowest BCUT2D eigenvalue weighted by atomic mass is 9.79. The summed E-state index contributed by atoms with van der Waals surface area (Å²) in [6.45, 7) is 8.96. The SMILES string of the molecule is CC(c1cc2c(n1C)NCC=C2c1ccc(N)nc1)C1CCCC(c2ccc(C(=O)CC3CCC(CN4CCN(Cc5cc6c(cc5Cl)N(C5CCC(=O)NC5=O)C(O)N6C)CC4)CC3)cc2)CC1. The molecular weight excluding hydrogens is 886 g/mol. The number of nitrogen functional groups attached to an aromatic ring is 1. The summed E-state index contributed by atoms with van der Waals surface area (Å²) in [5.41, 5.74) is 15.6. The fourth-order valence-corrected chi connectivity index (χ4v) is 12.9. The second-order valence-electron chi connectivity index (χ2n) is 21.1. The summed E-state index contributed by atoms with van der Waals surface area (Å²) in [7, 11) is 4.02. The molecular formula is C55H70ClN9O4. The van der Waals surface area contributed by atoms with Crippen LogP contribution in [0.1, 0.15) is 134 Å². The number of nitrogens with two attached hydrogens (primary N) is 1. The molecule has 0 bridgehead atoms. The summed E-state index contributed by atoms with van der Waals surface area (Å²) < 4.78 is 2.37. The van der Waals surface area contributed by atoms with Gasteiger partial charge in [-0.3, -0.25) is 24.6 Å². The largest absolute Gasteiger partial charge is 0.384 e. The molecule has 0 radical (unpaired) electrons. The number of halogens is 1. The van der Waals surface area contributed by atoms with E-state index in [2.05, 4.69) is 86.4 Å². The molecule has 5 unspecified atom stereocenters. The number of hydrogen-bond donors (Lipinski definition) is 4. The molecule has 366 valence electrons. The molecule has 4 aliphatic heterocycles. The zero-order valence-electron chi connectivity index (χ0n) is 40.6. The molecule has 6 heterocycles. The first-order valence-corrected chi connectivity index (χ1v) is 26.1. The van der Waals surface area contributed by atoms with Crippen molar-refractivity contribution >= 4 is 57.8 Å². The van der Waals surface area contributed by atoms with Crippen LogP contribution >= 0.6 is 11.6 Å². The molecule has 0 spiro atoms. The number of aliphatic hydroxyl groups is 1. The highest BCUT2D eigenvalue weighted by atomic mass is 35.5. The number of piperazine rings is 1. The van der Waals surface area contributed by atoms with Crippen molar-refractivity contribution in [3.8, 4) is 0 Å². The number of pyridine rings is 1. The van der Waals surface area contributed by atoms with Crippen molar-refractivity contribution < 1.29 is 19.5 Å². The highest BCUT2D eigenvalue weighted by molar-refractivity contribution is 6.32. The van der Waals surface area contributed by atoms with Crippen LogP contribution in [0.3, 0.4) is 0 Å². The summed E-state index contributed by atoms with van der Waals surface area (Å²) >= 11 is 6.88. The molecule has 69 heavy (non-hydrogen) atoms. The minimum atomic E-state index is -1.02. The van der Waals surface area contributed by atoms with Gasteiger partial charge in [0, 0.05) is 106 Å². The smallest absolute Gasteiger partial charge is 0.249 e. The van der Waals surface area contributed by atoms with Gasteiger partial charge in [-0.25, -0.2) is 4.98 Å². The molecule has 5 N–H and O–H groups in total. The van der Waals surface area contributed by atoms with Gasteiger partial charge in [0.25, 0.3) is 0 Å². The summed E-state index contributed by atoms with van der Waals surface area (Å²) in [5, 5.41) is 17.8. The number of aromatic nitrogens is 2. The van der Waals surface area contributed by atoms with Gasteiger partial charge in [0.05, 0.1) is 11.4 Å². The Morgan fingerprint density at radius 1 is 0.884 bits per heavy atom. The first kappa shape index (κ1) is 47.5. The third-order valence-electron chi connectivity index (χ3n) is 16.9. The van der Waals surface area contributed by atoms with Crippen LogP contribution in [0.15, 0.2) is 66.9 Å². The number of fused-ring (bicyclic) bond motifs is 2. The second kappa shape index (κ2) is 20.3. The first-order valence-electron chi connectivity index (χ1n) is 25.7. The maximum atomic E-state index is 13.6. The van der Waals surface area contributed by atoms with Gasteiger partial charge in [0.15, 0.2) is 5.78 Å². The van der Waals surface area contributed by atoms with Gasteiger partial charge >= 0.3 is 0 Å².